The maximum Gasteiger partial charge on any atom is 0.417 e. The minimum Gasteiger partial charge on any atom is -0.408 e. The standard InChI is InChI=1S/C9H10N2O4S/c1-2-10-16(13,14)6-3-4-7-8(5-6)15-9(12)11-7/h3-5,10H,2H2,1H3,(H,11,12). The summed E-state index contributed by atoms with van der Waals surface area (Å²) in [5.74, 6) is -0.604. The third-order valence-electron chi connectivity index (χ3n) is 2.04. The summed E-state index contributed by atoms with van der Waals surface area (Å²) in [7, 11) is -3.52. The summed E-state index contributed by atoms with van der Waals surface area (Å²) in [6.07, 6.45) is 0. The Morgan fingerprint density at radius 1 is 1.44 bits per heavy atom. The van der Waals surface area contributed by atoms with Crippen molar-refractivity contribution < 1.29 is 12.8 Å². The van der Waals surface area contributed by atoms with Gasteiger partial charge in [0, 0.05) is 12.6 Å². The van der Waals surface area contributed by atoms with Gasteiger partial charge in [-0.25, -0.2) is 17.9 Å². The summed E-state index contributed by atoms with van der Waals surface area (Å²) in [6, 6.07) is 4.21. The minimum absolute atomic E-state index is 0.0737. The lowest BCUT2D eigenvalue weighted by molar-refractivity contribution is 0.553. The van der Waals surface area contributed by atoms with Gasteiger partial charge in [0.1, 0.15) is 0 Å². The average molecular weight is 242 g/mol. The van der Waals surface area contributed by atoms with Crippen LogP contribution in [0.4, 0.5) is 0 Å². The summed E-state index contributed by atoms with van der Waals surface area (Å²) in [4.78, 5) is 13.4. The number of rotatable bonds is 3. The first-order valence-electron chi connectivity index (χ1n) is 4.65. The Labute approximate surface area is 91.3 Å². The number of sulfonamides is 1. The lowest BCUT2D eigenvalue weighted by Crippen LogP contribution is -2.22. The zero-order chi connectivity index (χ0) is 11.8. The molecule has 0 bridgehead atoms. The number of fused-ring (bicyclic) bond motifs is 1. The fraction of sp³-hybridized carbons (Fsp3) is 0.222. The Bertz CT molecular complexity index is 668. The summed E-state index contributed by atoms with van der Waals surface area (Å²) >= 11 is 0. The molecule has 6 nitrogen and oxygen atoms in total. The van der Waals surface area contributed by atoms with Crippen LogP contribution >= 0.6 is 0 Å². The highest BCUT2D eigenvalue weighted by molar-refractivity contribution is 7.89. The third kappa shape index (κ3) is 1.86. The number of oxazole rings is 1. The van der Waals surface area contributed by atoms with Crippen LogP contribution in [0.15, 0.2) is 32.3 Å². The van der Waals surface area contributed by atoms with Crippen molar-refractivity contribution in [3.05, 3.63) is 28.7 Å². The largest absolute Gasteiger partial charge is 0.417 e. The van der Waals surface area contributed by atoms with E-state index < -0.39 is 15.8 Å². The molecule has 0 saturated heterocycles. The molecule has 0 radical (unpaired) electrons. The second-order valence-electron chi connectivity index (χ2n) is 3.17. The SMILES string of the molecule is CCNS(=O)(=O)c1ccc2[nH]c(=O)oc2c1. The molecule has 2 N–H and O–H groups in total. The summed E-state index contributed by atoms with van der Waals surface area (Å²) < 4.78 is 30.4. The highest BCUT2D eigenvalue weighted by Gasteiger charge is 2.14. The lowest BCUT2D eigenvalue weighted by atomic mass is 10.3. The fourth-order valence-corrected chi connectivity index (χ4v) is 2.42. The van der Waals surface area contributed by atoms with Crippen LogP contribution in [0.2, 0.25) is 0 Å². The normalized spacial score (nSPS) is 12.1. The van der Waals surface area contributed by atoms with Gasteiger partial charge in [0.2, 0.25) is 10.0 Å². The molecular formula is C9H10N2O4S. The van der Waals surface area contributed by atoms with Crippen molar-refractivity contribution in [3.8, 4) is 0 Å². The van der Waals surface area contributed by atoms with Gasteiger partial charge in [0.15, 0.2) is 5.58 Å². The molecule has 2 rings (SSSR count). The quantitative estimate of drug-likeness (QED) is 0.815. The fourth-order valence-electron chi connectivity index (χ4n) is 1.37. The first-order valence-corrected chi connectivity index (χ1v) is 6.14. The van der Waals surface area contributed by atoms with Crippen LogP contribution in [0, 0.1) is 0 Å². The maximum absolute atomic E-state index is 11.6. The third-order valence-corrected chi connectivity index (χ3v) is 3.58. The van der Waals surface area contributed by atoms with Crippen molar-refractivity contribution in [2.45, 2.75) is 11.8 Å². The van der Waals surface area contributed by atoms with Gasteiger partial charge in [-0.2, -0.15) is 0 Å². The Balaban J connectivity index is 2.59. The molecule has 0 atom stereocenters. The van der Waals surface area contributed by atoms with E-state index in [-0.39, 0.29) is 10.5 Å². The van der Waals surface area contributed by atoms with E-state index in [1.807, 2.05) is 0 Å². The van der Waals surface area contributed by atoms with Gasteiger partial charge in [-0.1, -0.05) is 6.92 Å². The minimum atomic E-state index is -3.52. The molecule has 7 heteroatoms. The zero-order valence-electron chi connectivity index (χ0n) is 8.48. The molecule has 86 valence electrons. The second kappa shape index (κ2) is 3.76. The lowest BCUT2D eigenvalue weighted by Gasteiger charge is -2.03. The molecule has 1 aromatic carbocycles. The smallest absolute Gasteiger partial charge is 0.408 e. The van der Waals surface area contributed by atoms with Crippen LogP contribution in [-0.2, 0) is 10.0 Å². The molecule has 1 aromatic heterocycles. The number of hydrogen-bond donors (Lipinski definition) is 2. The molecular weight excluding hydrogens is 232 g/mol. The van der Waals surface area contributed by atoms with Gasteiger partial charge in [-0.05, 0) is 12.1 Å². The van der Waals surface area contributed by atoms with E-state index in [4.69, 9.17) is 4.42 Å². The maximum atomic E-state index is 11.6. The Morgan fingerprint density at radius 2 is 2.19 bits per heavy atom. The topological polar surface area (TPSA) is 92.2 Å². The molecule has 0 aliphatic rings. The Hall–Kier alpha value is -1.60. The number of nitrogens with one attached hydrogen (secondary N) is 2. The van der Waals surface area contributed by atoms with Gasteiger partial charge in [-0.3, -0.25) is 4.98 Å². The molecule has 2 aromatic rings. The molecule has 16 heavy (non-hydrogen) atoms. The number of aromatic nitrogens is 1. The van der Waals surface area contributed by atoms with E-state index in [2.05, 4.69) is 9.71 Å². The second-order valence-corrected chi connectivity index (χ2v) is 4.94. The van der Waals surface area contributed by atoms with Crippen molar-refractivity contribution in [2.24, 2.45) is 0 Å². The zero-order valence-corrected chi connectivity index (χ0v) is 9.30. The summed E-state index contributed by atoms with van der Waals surface area (Å²) in [5.41, 5.74) is 0.699. The number of benzene rings is 1. The molecule has 0 spiro atoms. The molecule has 0 unspecified atom stereocenters. The van der Waals surface area contributed by atoms with E-state index in [0.29, 0.717) is 12.1 Å². The van der Waals surface area contributed by atoms with Crippen LogP contribution in [0.5, 0.6) is 0 Å². The van der Waals surface area contributed by atoms with Crippen LogP contribution in [0.25, 0.3) is 11.1 Å². The van der Waals surface area contributed by atoms with Gasteiger partial charge in [-0.15, -0.1) is 0 Å². The predicted octanol–water partition coefficient (Wildman–Crippen LogP) is 0.419. The van der Waals surface area contributed by atoms with Crippen molar-refractivity contribution in [3.63, 3.8) is 0 Å². The van der Waals surface area contributed by atoms with Crippen LogP contribution in [0.3, 0.4) is 0 Å². The monoisotopic (exact) mass is 242 g/mol. The number of aromatic amines is 1. The average Bonchev–Trinajstić information content (AvgIpc) is 2.56. The molecule has 0 saturated carbocycles. The highest BCUT2D eigenvalue weighted by atomic mass is 32.2. The molecule has 0 amide bonds. The molecule has 0 aliphatic carbocycles. The van der Waals surface area contributed by atoms with E-state index in [9.17, 15) is 13.2 Å². The molecule has 0 fully saturated rings. The Morgan fingerprint density at radius 3 is 2.88 bits per heavy atom. The number of H-pyrrole nitrogens is 1. The van der Waals surface area contributed by atoms with Gasteiger partial charge < -0.3 is 4.42 Å². The van der Waals surface area contributed by atoms with Crippen LogP contribution in [0.1, 0.15) is 6.92 Å². The summed E-state index contributed by atoms with van der Waals surface area (Å²) in [5, 5.41) is 0. The van der Waals surface area contributed by atoms with E-state index in [0.717, 1.165) is 0 Å². The Kier molecular flexibility index (Phi) is 2.56. The van der Waals surface area contributed by atoms with Gasteiger partial charge in [0.05, 0.1) is 10.4 Å². The van der Waals surface area contributed by atoms with Crippen molar-refractivity contribution in [2.75, 3.05) is 6.54 Å². The van der Waals surface area contributed by atoms with E-state index in [1.54, 1.807) is 6.92 Å². The van der Waals surface area contributed by atoms with Crippen LogP contribution < -0.4 is 10.5 Å². The summed E-state index contributed by atoms with van der Waals surface area (Å²) in [6.45, 7) is 1.99. The van der Waals surface area contributed by atoms with Gasteiger partial charge in [0.25, 0.3) is 0 Å². The number of hydrogen-bond acceptors (Lipinski definition) is 4. The van der Waals surface area contributed by atoms with Crippen molar-refractivity contribution in [1.82, 2.24) is 9.71 Å². The highest BCUT2D eigenvalue weighted by Crippen LogP contribution is 2.16. The van der Waals surface area contributed by atoms with Crippen molar-refractivity contribution >= 4 is 21.1 Å². The first kappa shape index (κ1) is 10.9. The van der Waals surface area contributed by atoms with E-state index >= 15 is 0 Å². The molecule has 0 aliphatic heterocycles. The predicted molar refractivity (Wildman–Crippen MR) is 57.7 cm³/mol. The van der Waals surface area contributed by atoms with E-state index in [1.165, 1.54) is 18.2 Å². The van der Waals surface area contributed by atoms with Crippen LogP contribution in [-0.4, -0.2) is 19.9 Å². The van der Waals surface area contributed by atoms with Crippen molar-refractivity contribution in [1.29, 1.82) is 0 Å². The molecule has 1 heterocycles. The van der Waals surface area contributed by atoms with Gasteiger partial charge >= 0.3 is 5.76 Å². The first-order chi connectivity index (χ1) is 7.53.